The second-order valence-corrected chi connectivity index (χ2v) is 8.44. The molecule has 2 fully saturated rings. The number of ether oxygens (including phenoxy) is 1. The summed E-state index contributed by atoms with van der Waals surface area (Å²) in [6, 6.07) is 6.29. The predicted octanol–water partition coefficient (Wildman–Crippen LogP) is 4.33. The third kappa shape index (κ3) is 3.41. The molecule has 1 spiro atoms. The van der Waals surface area contributed by atoms with Gasteiger partial charge in [-0.1, -0.05) is 11.2 Å². The van der Waals surface area contributed by atoms with E-state index in [4.69, 9.17) is 9.57 Å². The predicted molar refractivity (Wildman–Crippen MR) is 113 cm³/mol. The molecule has 5 rings (SSSR count). The first kappa shape index (κ1) is 18.3. The minimum absolute atomic E-state index is 0.0419. The molecular formula is C23H28N4O2. The van der Waals surface area contributed by atoms with Gasteiger partial charge in [-0.3, -0.25) is 0 Å². The number of hydrogen-bond acceptors (Lipinski definition) is 5. The number of aryl methyl sites for hydroxylation is 1. The Morgan fingerprint density at radius 3 is 2.83 bits per heavy atom. The lowest BCUT2D eigenvalue weighted by Crippen LogP contribution is -2.51. The Kier molecular flexibility index (Phi) is 4.57. The first-order chi connectivity index (χ1) is 14.2. The summed E-state index contributed by atoms with van der Waals surface area (Å²) in [7, 11) is 1.71. The van der Waals surface area contributed by atoms with Crippen LogP contribution in [0.3, 0.4) is 0 Å². The maximum atomic E-state index is 6.06. The van der Waals surface area contributed by atoms with Crippen molar-refractivity contribution in [2.45, 2.75) is 51.0 Å². The van der Waals surface area contributed by atoms with Gasteiger partial charge in [0.1, 0.15) is 5.75 Å². The number of aromatic nitrogens is 2. The van der Waals surface area contributed by atoms with Crippen molar-refractivity contribution in [2.24, 2.45) is 5.16 Å². The Morgan fingerprint density at radius 1 is 1.21 bits per heavy atom. The average Bonchev–Trinajstić information content (AvgIpc) is 3.37. The number of benzene rings is 1. The van der Waals surface area contributed by atoms with E-state index < -0.39 is 0 Å². The molecule has 0 atom stereocenters. The standard InChI is InChI=1S/C23H28N4O2/c1-17-14-27(16-24-17)20-8-7-18(13-21(20)28-2)12-19-6-5-11-26-15-23(9-3-4-10-23)29-25-22(19)26/h7-8,12-14,16H,3-6,9-11,15H2,1-2H3/b19-12+. The van der Waals surface area contributed by atoms with Gasteiger partial charge in [0.25, 0.3) is 0 Å². The van der Waals surface area contributed by atoms with E-state index in [1.807, 2.05) is 24.0 Å². The monoisotopic (exact) mass is 392 g/mol. The maximum absolute atomic E-state index is 6.06. The fourth-order valence-electron chi connectivity index (χ4n) is 4.83. The quantitative estimate of drug-likeness (QED) is 0.780. The van der Waals surface area contributed by atoms with E-state index in [0.717, 1.165) is 67.3 Å². The summed E-state index contributed by atoms with van der Waals surface area (Å²) in [5.74, 6) is 1.85. The molecule has 2 aliphatic heterocycles. The van der Waals surface area contributed by atoms with Crippen molar-refractivity contribution in [1.29, 1.82) is 0 Å². The molecule has 1 saturated heterocycles. The molecule has 152 valence electrons. The van der Waals surface area contributed by atoms with Gasteiger partial charge in [-0.15, -0.1) is 0 Å². The van der Waals surface area contributed by atoms with E-state index in [1.165, 1.54) is 18.4 Å². The van der Waals surface area contributed by atoms with Crippen molar-refractivity contribution >= 4 is 11.9 Å². The van der Waals surface area contributed by atoms with Gasteiger partial charge in [0.05, 0.1) is 31.4 Å². The van der Waals surface area contributed by atoms with Gasteiger partial charge in [0, 0.05) is 12.7 Å². The molecule has 2 aromatic rings. The Morgan fingerprint density at radius 2 is 2.07 bits per heavy atom. The Labute approximate surface area is 171 Å². The summed E-state index contributed by atoms with van der Waals surface area (Å²) in [5, 5.41) is 4.61. The third-order valence-electron chi connectivity index (χ3n) is 6.31. The minimum atomic E-state index is -0.0419. The van der Waals surface area contributed by atoms with Crippen LogP contribution in [0.5, 0.6) is 5.75 Å². The van der Waals surface area contributed by atoms with Gasteiger partial charge in [-0.25, -0.2) is 4.98 Å². The summed E-state index contributed by atoms with van der Waals surface area (Å²) < 4.78 is 7.66. The van der Waals surface area contributed by atoms with Crippen molar-refractivity contribution in [3.63, 3.8) is 0 Å². The van der Waals surface area contributed by atoms with E-state index in [1.54, 1.807) is 7.11 Å². The number of oxime groups is 1. The van der Waals surface area contributed by atoms with Crippen LogP contribution in [-0.4, -0.2) is 46.1 Å². The number of imidazole rings is 1. The fraction of sp³-hybridized carbons (Fsp3) is 0.478. The Balaban J connectivity index is 1.44. The van der Waals surface area contributed by atoms with E-state index in [0.29, 0.717) is 0 Å². The van der Waals surface area contributed by atoms with Crippen molar-refractivity contribution < 1.29 is 9.57 Å². The normalized spacial score (nSPS) is 21.8. The second-order valence-electron chi connectivity index (χ2n) is 8.44. The molecule has 3 aliphatic rings. The topological polar surface area (TPSA) is 51.9 Å². The van der Waals surface area contributed by atoms with E-state index in [2.05, 4.69) is 39.3 Å². The highest BCUT2D eigenvalue weighted by Crippen LogP contribution is 2.38. The smallest absolute Gasteiger partial charge is 0.171 e. The van der Waals surface area contributed by atoms with Crippen LogP contribution in [0.4, 0.5) is 0 Å². The van der Waals surface area contributed by atoms with E-state index >= 15 is 0 Å². The number of piperidine rings is 1. The van der Waals surface area contributed by atoms with Crippen molar-refractivity contribution in [1.82, 2.24) is 14.5 Å². The summed E-state index contributed by atoms with van der Waals surface area (Å²) in [4.78, 5) is 12.8. The summed E-state index contributed by atoms with van der Waals surface area (Å²) in [5.41, 5.74) is 4.29. The van der Waals surface area contributed by atoms with Crippen LogP contribution >= 0.6 is 0 Å². The molecule has 1 aromatic heterocycles. The largest absolute Gasteiger partial charge is 0.495 e. The van der Waals surface area contributed by atoms with Gasteiger partial charge in [-0.05, 0) is 74.8 Å². The molecule has 3 heterocycles. The number of hydrogen-bond donors (Lipinski definition) is 0. The van der Waals surface area contributed by atoms with E-state index in [9.17, 15) is 0 Å². The molecule has 1 aromatic carbocycles. The zero-order valence-electron chi connectivity index (χ0n) is 17.2. The van der Waals surface area contributed by atoms with Gasteiger partial charge in [-0.2, -0.15) is 0 Å². The first-order valence-electron chi connectivity index (χ1n) is 10.6. The van der Waals surface area contributed by atoms with Crippen LogP contribution in [-0.2, 0) is 4.84 Å². The molecule has 6 nitrogen and oxygen atoms in total. The van der Waals surface area contributed by atoms with Crippen LogP contribution in [0.2, 0.25) is 0 Å². The molecule has 0 unspecified atom stereocenters. The number of nitrogens with zero attached hydrogens (tertiary/aromatic N) is 4. The van der Waals surface area contributed by atoms with Crippen molar-refractivity contribution in [3.05, 3.63) is 47.6 Å². The number of fused-ring (bicyclic) bond motifs is 1. The summed E-state index contributed by atoms with van der Waals surface area (Å²) in [6.45, 7) is 4.04. The third-order valence-corrected chi connectivity index (χ3v) is 6.31. The highest BCUT2D eigenvalue weighted by molar-refractivity contribution is 6.02. The number of amidine groups is 1. The second kappa shape index (κ2) is 7.25. The zero-order valence-corrected chi connectivity index (χ0v) is 17.2. The lowest BCUT2D eigenvalue weighted by atomic mass is 9.95. The molecule has 1 saturated carbocycles. The molecule has 0 radical (unpaired) electrons. The number of rotatable bonds is 3. The van der Waals surface area contributed by atoms with Gasteiger partial charge < -0.3 is 19.0 Å². The SMILES string of the molecule is COc1cc(/C=C2\CCCN3CC4(CCCC4)ON=C23)ccc1-n1cnc(C)c1. The minimum Gasteiger partial charge on any atom is -0.495 e. The lowest BCUT2D eigenvalue weighted by molar-refractivity contribution is -0.0688. The molecule has 1 aliphatic carbocycles. The van der Waals surface area contributed by atoms with Crippen LogP contribution in [0.25, 0.3) is 11.8 Å². The molecule has 0 amide bonds. The molecule has 6 heteroatoms. The first-order valence-corrected chi connectivity index (χ1v) is 10.6. The van der Waals surface area contributed by atoms with Crippen LogP contribution < -0.4 is 4.74 Å². The highest BCUT2D eigenvalue weighted by atomic mass is 16.7. The van der Waals surface area contributed by atoms with Crippen LogP contribution in [0.15, 0.2) is 41.5 Å². The number of methoxy groups -OCH3 is 1. The van der Waals surface area contributed by atoms with Crippen molar-refractivity contribution in [2.75, 3.05) is 20.2 Å². The Hall–Kier alpha value is -2.76. The maximum Gasteiger partial charge on any atom is 0.171 e. The molecule has 29 heavy (non-hydrogen) atoms. The van der Waals surface area contributed by atoms with Crippen LogP contribution in [0.1, 0.15) is 49.8 Å². The fourth-order valence-corrected chi connectivity index (χ4v) is 4.83. The van der Waals surface area contributed by atoms with E-state index in [-0.39, 0.29) is 5.60 Å². The highest BCUT2D eigenvalue weighted by Gasteiger charge is 2.43. The Bertz CT molecular complexity index is 969. The van der Waals surface area contributed by atoms with Crippen molar-refractivity contribution in [3.8, 4) is 11.4 Å². The lowest BCUT2D eigenvalue weighted by Gasteiger charge is -2.42. The van der Waals surface area contributed by atoms with Gasteiger partial charge >= 0.3 is 0 Å². The summed E-state index contributed by atoms with van der Waals surface area (Å²) >= 11 is 0. The van der Waals surface area contributed by atoms with Gasteiger partial charge in [0.15, 0.2) is 11.4 Å². The van der Waals surface area contributed by atoms with Crippen LogP contribution in [0, 0.1) is 6.92 Å². The zero-order chi connectivity index (χ0) is 19.8. The molecular weight excluding hydrogens is 364 g/mol. The molecule has 0 bridgehead atoms. The average molecular weight is 393 g/mol. The molecule has 0 N–H and O–H groups in total. The summed E-state index contributed by atoms with van der Waals surface area (Å²) in [6.07, 6.45) is 13.0. The van der Waals surface area contributed by atoms with Gasteiger partial charge in [0.2, 0.25) is 0 Å².